The number of carbonyl (C=O) groups excluding carboxylic acids is 2. The predicted octanol–water partition coefficient (Wildman–Crippen LogP) is 3.94. The van der Waals surface area contributed by atoms with Gasteiger partial charge in [0.05, 0.1) is 17.0 Å². The van der Waals surface area contributed by atoms with E-state index < -0.39 is 51.9 Å². The van der Waals surface area contributed by atoms with Gasteiger partial charge >= 0.3 is 0 Å². The molecule has 2 aromatic rings. The first-order chi connectivity index (χ1) is 10.3. The quantitative estimate of drug-likeness (QED) is 0.487. The normalized spacial score (nSPS) is 10.8. The smallest absolute Gasteiger partial charge is 0.176 e. The van der Waals surface area contributed by atoms with Crippen molar-refractivity contribution in [3.8, 4) is 0 Å². The van der Waals surface area contributed by atoms with E-state index in [0.29, 0.717) is 12.1 Å². The van der Waals surface area contributed by atoms with Crippen molar-refractivity contribution in [2.45, 2.75) is 6.92 Å². The number of hydrogen-bond donors (Lipinski definition) is 0. The van der Waals surface area contributed by atoms with Gasteiger partial charge in [0.25, 0.3) is 0 Å². The zero-order valence-corrected chi connectivity index (χ0v) is 11.4. The second-order valence-corrected chi connectivity index (χ2v) is 4.70. The van der Waals surface area contributed by atoms with Crippen molar-refractivity contribution in [2.75, 3.05) is 0 Å². The summed E-state index contributed by atoms with van der Waals surface area (Å²) in [6.07, 6.45) is 0. The lowest BCUT2D eigenvalue weighted by molar-refractivity contribution is 0.0816. The Labute approximate surface area is 123 Å². The minimum absolute atomic E-state index is 0.468. The highest BCUT2D eigenvalue weighted by atomic mass is 19.1. The van der Waals surface area contributed by atoms with Gasteiger partial charge in [0.2, 0.25) is 0 Å². The molecule has 0 fully saturated rings. The maximum atomic E-state index is 13.6. The SMILES string of the molecule is CC(C(=O)c1ccc(F)cc1F)C(=O)c1ccc(F)cc1F. The third-order valence-corrected chi connectivity index (χ3v) is 3.18. The molecule has 0 aliphatic heterocycles. The van der Waals surface area contributed by atoms with E-state index in [1.54, 1.807) is 0 Å². The van der Waals surface area contributed by atoms with E-state index in [4.69, 9.17) is 0 Å². The van der Waals surface area contributed by atoms with Crippen LogP contribution in [0.15, 0.2) is 36.4 Å². The first-order valence-electron chi connectivity index (χ1n) is 6.29. The van der Waals surface area contributed by atoms with Crippen molar-refractivity contribution in [2.24, 2.45) is 5.92 Å². The molecule has 0 aromatic heterocycles. The van der Waals surface area contributed by atoms with Crippen molar-refractivity contribution in [3.05, 3.63) is 70.8 Å². The van der Waals surface area contributed by atoms with E-state index in [1.165, 1.54) is 6.92 Å². The standard InChI is InChI=1S/C16H10F4O2/c1-8(15(21)11-4-2-9(17)6-13(11)19)16(22)12-5-3-10(18)7-14(12)20/h2-8H,1H3. The molecule has 2 nitrogen and oxygen atoms in total. The number of ketones is 2. The van der Waals surface area contributed by atoms with Gasteiger partial charge in [0, 0.05) is 12.1 Å². The van der Waals surface area contributed by atoms with Crippen molar-refractivity contribution in [1.82, 2.24) is 0 Å². The third kappa shape index (κ3) is 3.05. The predicted molar refractivity (Wildman–Crippen MR) is 70.5 cm³/mol. The Kier molecular flexibility index (Phi) is 4.40. The molecule has 0 heterocycles. The minimum atomic E-state index is -1.39. The van der Waals surface area contributed by atoms with E-state index in [0.717, 1.165) is 24.3 Å². The molecule has 6 heteroatoms. The number of benzene rings is 2. The van der Waals surface area contributed by atoms with Crippen molar-refractivity contribution in [3.63, 3.8) is 0 Å². The van der Waals surface area contributed by atoms with Crippen molar-refractivity contribution in [1.29, 1.82) is 0 Å². The molecule has 0 aliphatic rings. The van der Waals surface area contributed by atoms with Crippen LogP contribution in [-0.4, -0.2) is 11.6 Å². The number of carbonyl (C=O) groups is 2. The molecule has 0 aliphatic carbocycles. The Bertz CT molecular complexity index is 692. The van der Waals surface area contributed by atoms with Gasteiger partial charge in [-0.15, -0.1) is 0 Å². The fourth-order valence-electron chi connectivity index (χ4n) is 1.96. The van der Waals surface area contributed by atoms with Crippen LogP contribution in [0.5, 0.6) is 0 Å². The molecule has 0 N–H and O–H groups in total. The second-order valence-electron chi connectivity index (χ2n) is 4.70. The van der Waals surface area contributed by atoms with Crippen LogP contribution >= 0.6 is 0 Å². The van der Waals surface area contributed by atoms with Crippen LogP contribution in [0.4, 0.5) is 17.6 Å². The molecule has 0 saturated carbocycles. The fourth-order valence-corrected chi connectivity index (χ4v) is 1.96. The average molecular weight is 310 g/mol. The summed E-state index contributed by atoms with van der Waals surface area (Å²) >= 11 is 0. The van der Waals surface area contributed by atoms with E-state index in [-0.39, 0.29) is 0 Å². The Morgan fingerprint density at radius 2 is 1.14 bits per heavy atom. The molecule has 0 atom stereocenters. The van der Waals surface area contributed by atoms with Gasteiger partial charge in [-0.05, 0) is 31.2 Å². The van der Waals surface area contributed by atoms with Crippen LogP contribution in [0.1, 0.15) is 27.6 Å². The molecule has 114 valence electrons. The summed E-state index contributed by atoms with van der Waals surface area (Å²) in [4.78, 5) is 24.2. The average Bonchev–Trinajstić information content (AvgIpc) is 2.45. The van der Waals surface area contributed by atoms with E-state index in [9.17, 15) is 27.2 Å². The van der Waals surface area contributed by atoms with Crippen LogP contribution in [0.2, 0.25) is 0 Å². The molecular weight excluding hydrogens is 300 g/mol. The van der Waals surface area contributed by atoms with Crippen LogP contribution in [0.3, 0.4) is 0 Å². The Morgan fingerprint density at radius 3 is 1.45 bits per heavy atom. The van der Waals surface area contributed by atoms with Crippen molar-refractivity contribution < 1.29 is 27.2 Å². The number of halogens is 4. The zero-order valence-electron chi connectivity index (χ0n) is 11.4. The molecule has 0 spiro atoms. The van der Waals surface area contributed by atoms with Gasteiger partial charge in [-0.1, -0.05) is 0 Å². The Balaban J connectivity index is 2.32. The summed E-state index contributed by atoms with van der Waals surface area (Å²) in [5.74, 6) is -7.15. The molecule has 2 rings (SSSR count). The zero-order chi connectivity index (χ0) is 16.4. The molecule has 0 saturated heterocycles. The van der Waals surface area contributed by atoms with Gasteiger partial charge in [-0.2, -0.15) is 0 Å². The topological polar surface area (TPSA) is 34.1 Å². The molecule has 0 radical (unpaired) electrons. The fraction of sp³-hybridized carbons (Fsp3) is 0.125. The maximum Gasteiger partial charge on any atom is 0.176 e. The summed E-state index contributed by atoms with van der Waals surface area (Å²) in [6.45, 7) is 1.18. The molecule has 0 unspecified atom stereocenters. The number of hydrogen-bond acceptors (Lipinski definition) is 2. The van der Waals surface area contributed by atoms with Gasteiger partial charge in [-0.3, -0.25) is 9.59 Å². The molecule has 2 aromatic carbocycles. The second kappa shape index (κ2) is 6.09. The van der Waals surface area contributed by atoms with E-state index >= 15 is 0 Å². The molecular formula is C16H10F4O2. The Morgan fingerprint density at radius 1 is 0.773 bits per heavy atom. The first-order valence-corrected chi connectivity index (χ1v) is 6.29. The van der Waals surface area contributed by atoms with Gasteiger partial charge in [0.15, 0.2) is 11.6 Å². The highest BCUT2D eigenvalue weighted by molar-refractivity contribution is 6.15. The van der Waals surface area contributed by atoms with Gasteiger partial charge in [0.1, 0.15) is 23.3 Å². The molecule has 22 heavy (non-hydrogen) atoms. The van der Waals surface area contributed by atoms with Crippen LogP contribution < -0.4 is 0 Å². The third-order valence-electron chi connectivity index (χ3n) is 3.18. The highest BCUT2D eigenvalue weighted by Crippen LogP contribution is 2.20. The van der Waals surface area contributed by atoms with E-state index in [1.807, 2.05) is 0 Å². The summed E-state index contributed by atoms with van der Waals surface area (Å²) < 4.78 is 52.8. The number of Topliss-reactive ketones (excluding diaryl/α,β-unsaturated/α-hetero) is 2. The van der Waals surface area contributed by atoms with Crippen LogP contribution in [-0.2, 0) is 0 Å². The number of rotatable bonds is 4. The van der Waals surface area contributed by atoms with Gasteiger partial charge < -0.3 is 0 Å². The minimum Gasteiger partial charge on any atom is -0.293 e. The summed E-state index contributed by atoms with van der Waals surface area (Å²) in [6, 6.07) is 4.62. The summed E-state index contributed by atoms with van der Waals surface area (Å²) in [7, 11) is 0. The summed E-state index contributed by atoms with van der Waals surface area (Å²) in [5, 5.41) is 0. The monoisotopic (exact) mass is 310 g/mol. The lowest BCUT2D eigenvalue weighted by Gasteiger charge is -2.11. The van der Waals surface area contributed by atoms with Gasteiger partial charge in [-0.25, -0.2) is 17.6 Å². The molecule has 0 bridgehead atoms. The summed E-state index contributed by atoms with van der Waals surface area (Å²) in [5.41, 5.74) is -0.936. The largest absolute Gasteiger partial charge is 0.293 e. The lowest BCUT2D eigenvalue weighted by Crippen LogP contribution is -2.23. The maximum absolute atomic E-state index is 13.6. The van der Waals surface area contributed by atoms with Crippen LogP contribution in [0, 0.1) is 29.2 Å². The lowest BCUT2D eigenvalue weighted by atomic mass is 9.91. The first kappa shape index (κ1) is 15.9. The van der Waals surface area contributed by atoms with Crippen LogP contribution in [0.25, 0.3) is 0 Å². The van der Waals surface area contributed by atoms with Crippen molar-refractivity contribution >= 4 is 11.6 Å². The highest BCUT2D eigenvalue weighted by Gasteiger charge is 2.28. The Hall–Kier alpha value is -2.50. The molecule has 0 amide bonds. The van der Waals surface area contributed by atoms with E-state index in [2.05, 4.69) is 0 Å².